The molecule has 24 heavy (non-hydrogen) atoms. The normalized spacial score (nSPS) is 19.3. The summed E-state index contributed by atoms with van der Waals surface area (Å²) in [5, 5.41) is 6.22. The first-order chi connectivity index (χ1) is 11.5. The predicted octanol–water partition coefficient (Wildman–Crippen LogP) is 1.26. The lowest BCUT2D eigenvalue weighted by molar-refractivity contribution is -0.143. The molecule has 134 valence electrons. The van der Waals surface area contributed by atoms with Gasteiger partial charge in [0.2, 0.25) is 0 Å². The van der Waals surface area contributed by atoms with Crippen LogP contribution in [0.4, 0.5) is 13.2 Å². The maximum absolute atomic E-state index is 12.4. The second-order valence-corrected chi connectivity index (χ2v) is 5.52. The van der Waals surface area contributed by atoms with E-state index in [0.717, 1.165) is 0 Å². The van der Waals surface area contributed by atoms with Gasteiger partial charge in [-0.2, -0.15) is 13.2 Å². The van der Waals surface area contributed by atoms with Crippen molar-refractivity contribution in [2.24, 2.45) is 4.99 Å². The summed E-state index contributed by atoms with van der Waals surface area (Å²) in [5.74, 6) is 1.24. The summed E-state index contributed by atoms with van der Waals surface area (Å²) in [5.41, 5.74) is 0. The van der Waals surface area contributed by atoms with Crippen LogP contribution in [-0.2, 0) is 0 Å². The molecule has 1 aromatic heterocycles. The van der Waals surface area contributed by atoms with Gasteiger partial charge in [-0.1, -0.05) is 0 Å². The second-order valence-electron chi connectivity index (χ2n) is 5.52. The Morgan fingerprint density at radius 3 is 3.00 bits per heavy atom. The van der Waals surface area contributed by atoms with Crippen LogP contribution in [0, 0.1) is 0 Å². The molecule has 9 heteroatoms. The van der Waals surface area contributed by atoms with Crippen molar-refractivity contribution in [3.63, 3.8) is 0 Å². The number of alkyl halides is 3. The Morgan fingerprint density at radius 1 is 1.50 bits per heavy atom. The van der Waals surface area contributed by atoms with Gasteiger partial charge in [-0.05, 0) is 18.6 Å². The molecule has 0 amide bonds. The van der Waals surface area contributed by atoms with E-state index in [2.05, 4.69) is 20.6 Å². The number of ether oxygens (including phenoxy) is 1. The summed E-state index contributed by atoms with van der Waals surface area (Å²) in [6, 6.07) is 3.56. The minimum atomic E-state index is -4.15. The van der Waals surface area contributed by atoms with E-state index in [1.165, 1.54) is 4.90 Å². The quantitative estimate of drug-likeness (QED) is 0.462. The lowest BCUT2D eigenvalue weighted by atomic mass is 10.3. The Hall–Kier alpha value is -2.03. The molecule has 2 N–H and O–H groups in total. The first-order valence-corrected chi connectivity index (χ1v) is 7.75. The summed E-state index contributed by atoms with van der Waals surface area (Å²) in [6.07, 6.45) is -0.206. The Labute approximate surface area is 139 Å². The Bertz CT molecular complexity index is 524. The number of pyridine rings is 1. The van der Waals surface area contributed by atoms with E-state index in [-0.39, 0.29) is 6.04 Å². The summed E-state index contributed by atoms with van der Waals surface area (Å²) in [6.45, 7) is 0.867. The Morgan fingerprint density at radius 2 is 2.33 bits per heavy atom. The van der Waals surface area contributed by atoms with Gasteiger partial charge in [0, 0.05) is 32.4 Å². The monoisotopic (exact) mass is 345 g/mol. The molecule has 0 saturated carbocycles. The van der Waals surface area contributed by atoms with Gasteiger partial charge in [-0.25, -0.2) is 0 Å². The van der Waals surface area contributed by atoms with Crippen LogP contribution in [-0.4, -0.2) is 67.9 Å². The standard InChI is InChI=1S/C15H22F3N5O/c1-19-14(21-6-8-24-13-3-2-5-20-9-13)22-12-4-7-23(10-12)11-15(16,17)18/h2-3,5,9,12H,4,6-8,10-11H2,1H3,(H2,19,21,22). The van der Waals surface area contributed by atoms with Crippen LogP contribution < -0.4 is 15.4 Å². The molecule has 1 aliphatic rings. The lowest BCUT2D eigenvalue weighted by Gasteiger charge is -2.19. The molecule has 0 aromatic carbocycles. The van der Waals surface area contributed by atoms with Crippen molar-refractivity contribution in [2.45, 2.75) is 18.6 Å². The number of hydrogen-bond donors (Lipinski definition) is 2. The van der Waals surface area contributed by atoms with Crippen molar-refractivity contribution in [1.82, 2.24) is 20.5 Å². The van der Waals surface area contributed by atoms with E-state index in [4.69, 9.17) is 4.74 Å². The average Bonchev–Trinajstić information content (AvgIpc) is 2.96. The van der Waals surface area contributed by atoms with E-state index in [0.29, 0.717) is 44.4 Å². The number of guanidine groups is 1. The van der Waals surface area contributed by atoms with E-state index < -0.39 is 12.7 Å². The van der Waals surface area contributed by atoms with Crippen LogP contribution in [0.25, 0.3) is 0 Å². The summed E-state index contributed by atoms with van der Waals surface area (Å²) in [7, 11) is 1.62. The second kappa shape index (κ2) is 8.72. The Kier molecular flexibility index (Phi) is 6.65. The third-order valence-corrected chi connectivity index (χ3v) is 3.54. The molecule has 1 unspecified atom stereocenters. The molecule has 0 aliphatic carbocycles. The zero-order chi connectivity index (χ0) is 17.4. The van der Waals surface area contributed by atoms with Crippen LogP contribution in [0.3, 0.4) is 0 Å². The summed E-state index contributed by atoms with van der Waals surface area (Å²) >= 11 is 0. The number of aromatic nitrogens is 1. The van der Waals surface area contributed by atoms with Crippen molar-refractivity contribution in [1.29, 1.82) is 0 Å². The van der Waals surface area contributed by atoms with Crippen molar-refractivity contribution in [3.05, 3.63) is 24.5 Å². The number of rotatable bonds is 6. The SMILES string of the molecule is CN=C(NCCOc1cccnc1)NC1CCN(CC(F)(F)F)C1. The molecule has 1 saturated heterocycles. The van der Waals surface area contributed by atoms with Gasteiger partial charge >= 0.3 is 6.18 Å². The third kappa shape index (κ3) is 6.61. The average molecular weight is 345 g/mol. The summed E-state index contributed by atoms with van der Waals surface area (Å²) < 4.78 is 42.7. The van der Waals surface area contributed by atoms with Gasteiger partial charge in [0.25, 0.3) is 0 Å². The minimum absolute atomic E-state index is 0.0437. The molecule has 1 atom stereocenters. The molecule has 1 aromatic rings. The molecule has 0 spiro atoms. The van der Waals surface area contributed by atoms with Crippen LogP contribution >= 0.6 is 0 Å². The molecule has 2 rings (SSSR count). The molecule has 1 aliphatic heterocycles. The fraction of sp³-hybridized carbons (Fsp3) is 0.600. The largest absolute Gasteiger partial charge is 0.490 e. The first-order valence-electron chi connectivity index (χ1n) is 7.75. The first kappa shape index (κ1) is 18.3. The van der Waals surface area contributed by atoms with E-state index in [1.54, 1.807) is 25.5 Å². The molecule has 0 bridgehead atoms. The molecule has 6 nitrogen and oxygen atoms in total. The molecule has 2 heterocycles. The van der Waals surface area contributed by atoms with Crippen molar-refractivity contribution >= 4 is 5.96 Å². The van der Waals surface area contributed by atoms with Crippen LogP contribution in [0.5, 0.6) is 5.75 Å². The molecular formula is C15H22F3N5O. The highest BCUT2D eigenvalue weighted by atomic mass is 19.4. The van der Waals surface area contributed by atoms with Crippen LogP contribution in [0.2, 0.25) is 0 Å². The van der Waals surface area contributed by atoms with Crippen molar-refractivity contribution < 1.29 is 17.9 Å². The predicted molar refractivity (Wildman–Crippen MR) is 85.1 cm³/mol. The van der Waals surface area contributed by atoms with Gasteiger partial charge in [0.05, 0.1) is 19.3 Å². The highest BCUT2D eigenvalue weighted by Crippen LogP contribution is 2.19. The van der Waals surface area contributed by atoms with E-state index in [9.17, 15) is 13.2 Å². The van der Waals surface area contributed by atoms with Gasteiger partial charge in [0.15, 0.2) is 5.96 Å². The summed E-state index contributed by atoms with van der Waals surface area (Å²) in [4.78, 5) is 9.43. The third-order valence-electron chi connectivity index (χ3n) is 3.54. The zero-order valence-electron chi connectivity index (χ0n) is 13.5. The smallest absolute Gasteiger partial charge is 0.401 e. The van der Waals surface area contributed by atoms with Crippen molar-refractivity contribution in [2.75, 3.05) is 39.8 Å². The fourth-order valence-electron chi connectivity index (χ4n) is 2.51. The number of nitrogens with zero attached hydrogens (tertiary/aromatic N) is 3. The molecular weight excluding hydrogens is 323 g/mol. The lowest BCUT2D eigenvalue weighted by Crippen LogP contribution is -2.46. The highest BCUT2D eigenvalue weighted by Gasteiger charge is 2.34. The Balaban J connectivity index is 1.66. The minimum Gasteiger partial charge on any atom is -0.490 e. The fourth-order valence-corrected chi connectivity index (χ4v) is 2.51. The number of hydrogen-bond acceptors (Lipinski definition) is 4. The number of aliphatic imine (C=N–C) groups is 1. The maximum atomic E-state index is 12.4. The number of likely N-dealkylation sites (tertiary alicyclic amines) is 1. The number of halogens is 3. The highest BCUT2D eigenvalue weighted by molar-refractivity contribution is 5.80. The van der Waals surface area contributed by atoms with Crippen molar-refractivity contribution in [3.8, 4) is 5.75 Å². The van der Waals surface area contributed by atoms with E-state index in [1.807, 2.05) is 6.07 Å². The van der Waals surface area contributed by atoms with Gasteiger partial charge < -0.3 is 15.4 Å². The van der Waals surface area contributed by atoms with Crippen LogP contribution in [0.1, 0.15) is 6.42 Å². The van der Waals surface area contributed by atoms with Gasteiger partial charge in [-0.15, -0.1) is 0 Å². The van der Waals surface area contributed by atoms with E-state index >= 15 is 0 Å². The zero-order valence-corrected chi connectivity index (χ0v) is 13.5. The molecule has 1 fully saturated rings. The number of nitrogens with one attached hydrogen (secondary N) is 2. The molecule has 0 radical (unpaired) electrons. The maximum Gasteiger partial charge on any atom is 0.401 e. The topological polar surface area (TPSA) is 61.8 Å². The van der Waals surface area contributed by atoms with Gasteiger partial charge in [0.1, 0.15) is 12.4 Å². The van der Waals surface area contributed by atoms with Gasteiger partial charge in [-0.3, -0.25) is 14.9 Å². The van der Waals surface area contributed by atoms with Crippen LogP contribution in [0.15, 0.2) is 29.5 Å².